The Kier molecular flexibility index (Phi) is 6.82. The molecule has 1 aliphatic rings. The molecule has 1 aliphatic heterocycles. The number of benzene rings is 4. The van der Waals surface area contributed by atoms with Gasteiger partial charge in [-0.15, -0.1) is 0 Å². The normalized spacial score (nSPS) is 14.3. The predicted molar refractivity (Wildman–Crippen MR) is 157 cm³/mol. The van der Waals surface area contributed by atoms with E-state index in [-0.39, 0.29) is 29.4 Å². The Morgan fingerprint density at radius 3 is 2.02 bits per heavy atom. The summed E-state index contributed by atoms with van der Waals surface area (Å²) in [5.41, 5.74) is 1.24. The minimum Gasteiger partial charge on any atom is -0.369 e. The van der Waals surface area contributed by atoms with Crippen molar-refractivity contribution in [2.75, 3.05) is 31.1 Å². The second-order valence-corrected chi connectivity index (χ2v) is 11.5. The van der Waals surface area contributed by atoms with Gasteiger partial charge in [0.25, 0.3) is 11.2 Å². The van der Waals surface area contributed by atoms with E-state index in [1.54, 1.807) is 54.6 Å². The molecule has 0 atom stereocenters. The smallest absolute Gasteiger partial charge is 0.295 e. The van der Waals surface area contributed by atoms with Gasteiger partial charge in [0.2, 0.25) is 10.0 Å². The quantitative estimate of drug-likeness (QED) is 0.219. The molecule has 5 aromatic rings. The minimum absolute atomic E-state index is 0.0415. The lowest BCUT2D eigenvalue weighted by molar-refractivity contribution is -0.384. The molecule has 1 saturated heterocycles. The molecule has 10 nitrogen and oxygen atoms in total. The lowest BCUT2D eigenvalue weighted by Crippen LogP contribution is -2.48. The van der Waals surface area contributed by atoms with E-state index in [1.807, 2.05) is 47.4 Å². The fourth-order valence-corrected chi connectivity index (χ4v) is 6.57. The maximum absolute atomic E-state index is 13.7. The molecule has 2 heterocycles. The first-order valence-corrected chi connectivity index (χ1v) is 14.4. The van der Waals surface area contributed by atoms with Crippen molar-refractivity contribution in [3.05, 3.63) is 124 Å². The van der Waals surface area contributed by atoms with Crippen LogP contribution in [0.3, 0.4) is 0 Å². The first kappa shape index (κ1) is 26.4. The van der Waals surface area contributed by atoms with Gasteiger partial charge in [0.1, 0.15) is 5.69 Å². The van der Waals surface area contributed by atoms with Crippen molar-refractivity contribution in [1.29, 1.82) is 0 Å². The van der Waals surface area contributed by atoms with Crippen LogP contribution in [0.15, 0.2) is 113 Å². The molecular weight excluding hydrogens is 542 g/mol. The van der Waals surface area contributed by atoms with Crippen molar-refractivity contribution in [2.45, 2.75) is 4.90 Å². The summed E-state index contributed by atoms with van der Waals surface area (Å²) in [6, 6.07) is 29.3. The van der Waals surface area contributed by atoms with Crippen LogP contribution in [0.4, 0.5) is 11.4 Å². The minimum atomic E-state index is -3.63. The number of hydrogen-bond donors (Lipinski definition) is 0. The highest BCUT2D eigenvalue weighted by Crippen LogP contribution is 2.31. The van der Waals surface area contributed by atoms with Crippen LogP contribution in [0.25, 0.3) is 27.7 Å². The van der Waals surface area contributed by atoms with Crippen LogP contribution in [0, 0.1) is 10.1 Å². The van der Waals surface area contributed by atoms with E-state index in [4.69, 9.17) is 0 Å². The maximum atomic E-state index is 13.7. The summed E-state index contributed by atoms with van der Waals surface area (Å²) in [4.78, 5) is 27.4. The van der Waals surface area contributed by atoms with Crippen molar-refractivity contribution in [1.82, 2.24) is 14.1 Å². The Bertz CT molecular complexity index is 1920. The first-order chi connectivity index (χ1) is 19.8. The number of anilines is 1. The van der Waals surface area contributed by atoms with Gasteiger partial charge < -0.3 is 4.90 Å². The number of fused-ring (bicyclic) bond motifs is 1. The molecule has 0 amide bonds. The van der Waals surface area contributed by atoms with E-state index >= 15 is 0 Å². The van der Waals surface area contributed by atoms with Crippen molar-refractivity contribution in [3.8, 4) is 16.9 Å². The highest BCUT2D eigenvalue weighted by Gasteiger charge is 2.29. The fraction of sp³-hybridized carbons (Fsp3) is 0.133. The molecular formula is C30H25N5O5S. The van der Waals surface area contributed by atoms with Gasteiger partial charge in [-0.3, -0.25) is 14.9 Å². The van der Waals surface area contributed by atoms with Crippen molar-refractivity contribution < 1.29 is 13.3 Å². The second-order valence-electron chi connectivity index (χ2n) is 9.61. The molecule has 206 valence electrons. The van der Waals surface area contributed by atoms with E-state index in [0.717, 1.165) is 10.2 Å². The SMILES string of the molecule is O=c1c2ccccc2c(-c2ccccc2)nn1-c1cc(N2CCN(S(=O)(=O)c3ccccc3)CC2)ccc1[N+](=O)[O-]. The van der Waals surface area contributed by atoms with Crippen LogP contribution in [0.1, 0.15) is 0 Å². The molecule has 1 fully saturated rings. The summed E-state index contributed by atoms with van der Waals surface area (Å²) in [5, 5.41) is 17.8. The number of aromatic nitrogens is 2. The second kappa shape index (κ2) is 10.6. The molecule has 11 heteroatoms. The summed E-state index contributed by atoms with van der Waals surface area (Å²) >= 11 is 0. The third kappa shape index (κ3) is 4.85. The standard InChI is InChI=1S/C30H25N5O5S/c36-30-26-14-8-7-13-25(26)29(22-9-3-1-4-10-22)31-34(30)28-21-23(15-16-27(28)35(37)38)32-17-19-33(20-18-32)41(39,40)24-11-5-2-6-12-24/h1-16,21H,17-20H2. The van der Waals surface area contributed by atoms with E-state index in [0.29, 0.717) is 35.2 Å². The topological polar surface area (TPSA) is 119 Å². The molecule has 0 N–H and O–H groups in total. The fourth-order valence-electron chi connectivity index (χ4n) is 5.12. The Morgan fingerprint density at radius 1 is 0.756 bits per heavy atom. The monoisotopic (exact) mass is 567 g/mol. The third-order valence-electron chi connectivity index (χ3n) is 7.22. The largest absolute Gasteiger partial charge is 0.369 e. The predicted octanol–water partition coefficient (Wildman–Crippen LogP) is 4.47. The van der Waals surface area contributed by atoms with E-state index < -0.39 is 20.5 Å². The molecule has 0 unspecified atom stereocenters. The summed E-state index contributed by atoms with van der Waals surface area (Å²) in [7, 11) is -3.63. The van der Waals surface area contributed by atoms with Gasteiger partial charge in [-0.1, -0.05) is 66.7 Å². The molecule has 0 radical (unpaired) electrons. The molecule has 41 heavy (non-hydrogen) atoms. The van der Waals surface area contributed by atoms with Gasteiger partial charge in [0.05, 0.1) is 20.9 Å². The highest BCUT2D eigenvalue weighted by molar-refractivity contribution is 7.89. The highest BCUT2D eigenvalue weighted by atomic mass is 32.2. The number of piperazine rings is 1. The Hall–Kier alpha value is -4.87. The van der Waals surface area contributed by atoms with E-state index in [9.17, 15) is 23.3 Å². The average Bonchev–Trinajstić information content (AvgIpc) is 3.02. The first-order valence-electron chi connectivity index (χ1n) is 13.0. The summed E-state index contributed by atoms with van der Waals surface area (Å²) in [5.74, 6) is 0. The van der Waals surface area contributed by atoms with Crippen LogP contribution >= 0.6 is 0 Å². The molecule has 6 rings (SSSR count). The summed E-state index contributed by atoms with van der Waals surface area (Å²) in [6.07, 6.45) is 0. The summed E-state index contributed by atoms with van der Waals surface area (Å²) in [6.45, 7) is 1.24. The number of nitrogens with zero attached hydrogens (tertiary/aromatic N) is 5. The van der Waals surface area contributed by atoms with Crippen LogP contribution in [-0.4, -0.2) is 53.6 Å². The zero-order chi connectivity index (χ0) is 28.6. The maximum Gasteiger partial charge on any atom is 0.295 e. The van der Waals surface area contributed by atoms with Gasteiger partial charge >= 0.3 is 0 Å². The lowest BCUT2D eigenvalue weighted by atomic mass is 10.1. The number of sulfonamides is 1. The average molecular weight is 568 g/mol. The summed E-state index contributed by atoms with van der Waals surface area (Å²) < 4.78 is 28.7. The van der Waals surface area contributed by atoms with E-state index in [1.165, 1.54) is 10.4 Å². The van der Waals surface area contributed by atoms with Crippen LogP contribution in [0.2, 0.25) is 0 Å². The molecule has 0 bridgehead atoms. The lowest BCUT2D eigenvalue weighted by Gasteiger charge is -2.35. The number of nitro groups is 1. The number of rotatable bonds is 6. The van der Waals surface area contributed by atoms with Crippen LogP contribution in [-0.2, 0) is 10.0 Å². The number of hydrogen-bond acceptors (Lipinski definition) is 7. The molecule has 0 aliphatic carbocycles. The molecule has 1 aromatic heterocycles. The Morgan fingerprint density at radius 2 is 1.37 bits per heavy atom. The van der Waals surface area contributed by atoms with Crippen LogP contribution in [0.5, 0.6) is 0 Å². The molecule has 4 aromatic carbocycles. The third-order valence-corrected chi connectivity index (χ3v) is 9.13. The molecule has 0 spiro atoms. The Balaban J connectivity index is 1.40. The van der Waals surface area contributed by atoms with Crippen molar-refractivity contribution in [2.24, 2.45) is 0 Å². The van der Waals surface area contributed by atoms with Gasteiger partial charge in [-0.2, -0.15) is 14.1 Å². The van der Waals surface area contributed by atoms with Gasteiger partial charge in [0.15, 0.2) is 0 Å². The van der Waals surface area contributed by atoms with E-state index in [2.05, 4.69) is 5.10 Å². The molecule has 0 saturated carbocycles. The number of nitro benzene ring substituents is 1. The van der Waals surface area contributed by atoms with Gasteiger partial charge in [0, 0.05) is 48.9 Å². The van der Waals surface area contributed by atoms with Crippen LogP contribution < -0.4 is 10.5 Å². The Labute approximate surface area is 235 Å². The van der Waals surface area contributed by atoms with Crippen molar-refractivity contribution in [3.63, 3.8) is 0 Å². The zero-order valence-corrected chi connectivity index (χ0v) is 22.6. The zero-order valence-electron chi connectivity index (χ0n) is 21.8. The van der Waals surface area contributed by atoms with Gasteiger partial charge in [-0.05, 0) is 30.3 Å². The van der Waals surface area contributed by atoms with Crippen molar-refractivity contribution >= 4 is 32.2 Å². The van der Waals surface area contributed by atoms with Gasteiger partial charge in [-0.25, -0.2) is 8.42 Å².